The van der Waals surface area contributed by atoms with Crippen molar-refractivity contribution in [3.05, 3.63) is 35.9 Å². The van der Waals surface area contributed by atoms with E-state index < -0.39 is 0 Å². The Morgan fingerprint density at radius 1 is 1.33 bits per heavy atom. The van der Waals surface area contributed by atoms with Crippen molar-refractivity contribution in [2.24, 2.45) is 0 Å². The van der Waals surface area contributed by atoms with E-state index in [4.69, 9.17) is 0 Å². The summed E-state index contributed by atoms with van der Waals surface area (Å²) in [4.78, 5) is 25.3. The minimum atomic E-state index is -0.218. The van der Waals surface area contributed by atoms with E-state index in [9.17, 15) is 9.59 Å². The second kappa shape index (κ2) is 8.53. The van der Waals surface area contributed by atoms with Gasteiger partial charge >= 0.3 is 0 Å². The van der Waals surface area contributed by atoms with Crippen LogP contribution in [0, 0.1) is 0 Å². The maximum absolute atomic E-state index is 12.0. The molecule has 0 radical (unpaired) electrons. The van der Waals surface area contributed by atoms with Gasteiger partial charge in [-0.3, -0.25) is 9.59 Å². The summed E-state index contributed by atoms with van der Waals surface area (Å²) in [6.45, 7) is 8.08. The molecule has 0 aromatic heterocycles. The van der Waals surface area contributed by atoms with E-state index in [1.807, 2.05) is 18.2 Å². The Morgan fingerprint density at radius 2 is 2.04 bits per heavy atom. The Bertz CT molecular complexity index is 563. The molecular weight excluding hydrogens is 322 g/mol. The van der Waals surface area contributed by atoms with E-state index in [0.717, 1.165) is 12.3 Å². The maximum Gasteiger partial charge on any atom is 0.281 e. The van der Waals surface area contributed by atoms with E-state index in [0.29, 0.717) is 19.5 Å². The van der Waals surface area contributed by atoms with Gasteiger partial charge < -0.3 is 15.5 Å². The SMILES string of the molecule is CC(NC(C)(C)CNC(=O)CCN1CCSC1=O)c1ccccc1. The molecule has 2 amide bonds. The predicted molar refractivity (Wildman–Crippen MR) is 99.1 cm³/mol. The van der Waals surface area contributed by atoms with E-state index in [1.54, 1.807) is 4.90 Å². The molecule has 1 fully saturated rings. The molecule has 1 heterocycles. The quantitative estimate of drug-likeness (QED) is 0.758. The molecule has 6 heteroatoms. The lowest BCUT2D eigenvalue weighted by Crippen LogP contribution is -2.50. The summed E-state index contributed by atoms with van der Waals surface area (Å²) >= 11 is 1.32. The molecular formula is C18H27N3O2S. The molecule has 2 rings (SSSR count). The third-order valence-electron chi connectivity index (χ3n) is 4.09. The minimum absolute atomic E-state index is 0.0121. The van der Waals surface area contributed by atoms with Crippen molar-refractivity contribution >= 4 is 22.9 Å². The van der Waals surface area contributed by atoms with Crippen LogP contribution in [0.1, 0.15) is 38.8 Å². The molecule has 1 aromatic rings. The van der Waals surface area contributed by atoms with Crippen LogP contribution in [0.3, 0.4) is 0 Å². The fraction of sp³-hybridized carbons (Fsp3) is 0.556. The Labute approximate surface area is 148 Å². The number of carbonyl (C=O) groups excluding carboxylic acids is 2. The van der Waals surface area contributed by atoms with Crippen molar-refractivity contribution in [3.63, 3.8) is 0 Å². The largest absolute Gasteiger partial charge is 0.354 e. The summed E-state index contributed by atoms with van der Waals surface area (Å²) in [6.07, 6.45) is 0.358. The average Bonchev–Trinajstić information content (AvgIpc) is 2.96. The number of nitrogens with zero attached hydrogens (tertiary/aromatic N) is 1. The number of carbonyl (C=O) groups is 2. The molecule has 1 aliphatic heterocycles. The molecule has 1 aromatic carbocycles. The first-order chi connectivity index (χ1) is 11.4. The molecule has 0 spiro atoms. The Balaban J connectivity index is 1.73. The van der Waals surface area contributed by atoms with E-state index in [2.05, 4.69) is 43.5 Å². The topological polar surface area (TPSA) is 61.4 Å². The highest BCUT2D eigenvalue weighted by Crippen LogP contribution is 2.17. The molecule has 132 valence electrons. The van der Waals surface area contributed by atoms with Gasteiger partial charge in [0.05, 0.1) is 0 Å². The third-order valence-corrected chi connectivity index (χ3v) is 4.98. The first kappa shape index (κ1) is 18.8. The highest BCUT2D eigenvalue weighted by molar-refractivity contribution is 8.13. The number of thioether (sulfide) groups is 1. The van der Waals surface area contributed by atoms with Crippen LogP contribution in [-0.2, 0) is 4.79 Å². The van der Waals surface area contributed by atoms with Gasteiger partial charge in [0, 0.05) is 43.4 Å². The first-order valence-electron chi connectivity index (χ1n) is 8.38. The van der Waals surface area contributed by atoms with Crippen molar-refractivity contribution in [1.82, 2.24) is 15.5 Å². The van der Waals surface area contributed by atoms with Gasteiger partial charge in [-0.05, 0) is 26.3 Å². The van der Waals surface area contributed by atoms with Gasteiger partial charge in [0.2, 0.25) is 5.91 Å². The highest BCUT2D eigenvalue weighted by Gasteiger charge is 2.23. The smallest absolute Gasteiger partial charge is 0.281 e. The van der Waals surface area contributed by atoms with E-state index >= 15 is 0 Å². The molecule has 2 N–H and O–H groups in total. The van der Waals surface area contributed by atoms with Gasteiger partial charge in [-0.15, -0.1) is 0 Å². The van der Waals surface area contributed by atoms with Gasteiger partial charge in [0.15, 0.2) is 0 Å². The van der Waals surface area contributed by atoms with Gasteiger partial charge in [0.25, 0.3) is 5.24 Å². The molecule has 0 saturated carbocycles. The first-order valence-corrected chi connectivity index (χ1v) is 9.37. The molecule has 1 atom stereocenters. The second-order valence-corrected chi connectivity index (χ2v) is 7.83. The van der Waals surface area contributed by atoms with Crippen LogP contribution in [0.2, 0.25) is 0 Å². The summed E-state index contributed by atoms with van der Waals surface area (Å²) in [5.74, 6) is 0.816. The van der Waals surface area contributed by atoms with Crippen LogP contribution in [0.5, 0.6) is 0 Å². The maximum atomic E-state index is 12.0. The number of benzene rings is 1. The van der Waals surface area contributed by atoms with Crippen molar-refractivity contribution in [3.8, 4) is 0 Å². The molecule has 1 aliphatic rings. The molecule has 1 saturated heterocycles. The zero-order valence-corrected chi connectivity index (χ0v) is 15.5. The zero-order valence-electron chi connectivity index (χ0n) is 14.7. The minimum Gasteiger partial charge on any atom is -0.354 e. The van der Waals surface area contributed by atoms with Crippen molar-refractivity contribution in [2.75, 3.05) is 25.4 Å². The van der Waals surface area contributed by atoms with Crippen LogP contribution >= 0.6 is 11.8 Å². The van der Waals surface area contributed by atoms with Crippen LogP contribution in [0.25, 0.3) is 0 Å². The Hall–Kier alpha value is -1.53. The summed E-state index contributed by atoms with van der Waals surface area (Å²) < 4.78 is 0. The van der Waals surface area contributed by atoms with Crippen molar-refractivity contribution in [2.45, 2.75) is 38.8 Å². The standard InChI is InChI=1S/C18H27N3O2S/c1-14(15-7-5-4-6-8-15)20-18(2,3)13-19-16(22)9-10-21-11-12-24-17(21)23/h4-8,14,20H,9-13H2,1-3H3,(H,19,22). The Morgan fingerprint density at radius 3 is 2.67 bits per heavy atom. The number of rotatable bonds is 8. The van der Waals surface area contributed by atoms with Gasteiger partial charge in [-0.1, -0.05) is 42.1 Å². The number of amides is 2. The molecule has 5 nitrogen and oxygen atoms in total. The normalized spacial score (nSPS) is 16.3. The lowest BCUT2D eigenvalue weighted by Gasteiger charge is -2.31. The summed E-state index contributed by atoms with van der Waals surface area (Å²) in [7, 11) is 0. The monoisotopic (exact) mass is 349 g/mol. The van der Waals surface area contributed by atoms with Crippen molar-refractivity contribution < 1.29 is 9.59 Å². The summed E-state index contributed by atoms with van der Waals surface area (Å²) in [6, 6.07) is 10.5. The third kappa shape index (κ3) is 5.83. The zero-order chi connectivity index (χ0) is 17.6. The van der Waals surface area contributed by atoms with Gasteiger partial charge in [0.1, 0.15) is 0 Å². The Kier molecular flexibility index (Phi) is 6.69. The molecule has 24 heavy (non-hydrogen) atoms. The number of hydrogen-bond donors (Lipinski definition) is 2. The van der Waals surface area contributed by atoms with Crippen molar-refractivity contribution in [1.29, 1.82) is 0 Å². The molecule has 0 bridgehead atoms. The summed E-state index contributed by atoms with van der Waals surface area (Å²) in [5.41, 5.74) is 1.01. The van der Waals surface area contributed by atoms with Crippen LogP contribution < -0.4 is 10.6 Å². The molecule has 0 aliphatic carbocycles. The fourth-order valence-corrected chi connectivity index (χ4v) is 3.59. The predicted octanol–water partition coefficient (Wildman–Crippen LogP) is 2.79. The fourth-order valence-electron chi connectivity index (χ4n) is 2.74. The van der Waals surface area contributed by atoms with Crippen LogP contribution in [0.4, 0.5) is 4.79 Å². The lowest BCUT2D eigenvalue weighted by atomic mass is 10.0. The van der Waals surface area contributed by atoms with Crippen LogP contribution in [-0.4, -0.2) is 47.0 Å². The highest BCUT2D eigenvalue weighted by atomic mass is 32.2. The van der Waals surface area contributed by atoms with E-state index in [-0.39, 0.29) is 22.7 Å². The summed E-state index contributed by atoms with van der Waals surface area (Å²) in [5, 5.41) is 6.61. The van der Waals surface area contributed by atoms with Gasteiger partial charge in [-0.2, -0.15) is 0 Å². The number of nitrogens with one attached hydrogen (secondary N) is 2. The molecule has 1 unspecified atom stereocenters. The van der Waals surface area contributed by atoms with E-state index in [1.165, 1.54) is 17.3 Å². The average molecular weight is 350 g/mol. The lowest BCUT2D eigenvalue weighted by molar-refractivity contribution is -0.121. The second-order valence-electron chi connectivity index (χ2n) is 6.79. The number of hydrogen-bond acceptors (Lipinski definition) is 4. The van der Waals surface area contributed by atoms with Crippen LogP contribution in [0.15, 0.2) is 30.3 Å². The van der Waals surface area contributed by atoms with Gasteiger partial charge in [-0.25, -0.2) is 0 Å².